The van der Waals surface area contributed by atoms with Crippen LogP contribution in [-0.4, -0.2) is 5.33 Å². The lowest BCUT2D eigenvalue weighted by Gasteiger charge is -1.95. The number of hydrogen-bond acceptors (Lipinski definition) is 0. The van der Waals surface area contributed by atoms with Gasteiger partial charge in [-0.3, -0.25) is 0 Å². The van der Waals surface area contributed by atoms with E-state index in [2.05, 4.69) is 35.9 Å². The lowest BCUT2D eigenvalue weighted by molar-refractivity contribution is 0.786. The van der Waals surface area contributed by atoms with Crippen LogP contribution < -0.4 is 0 Å². The van der Waals surface area contributed by atoms with E-state index < -0.39 is 0 Å². The third-order valence-electron chi connectivity index (χ3n) is 1.35. The van der Waals surface area contributed by atoms with Crippen molar-refractivity contribution in [2.75, 3.05) is 5.33 Å². The molecule has 0 saturated heterocycles. The van der Waals surface area contributed by atoms with E-state index in [4.69, 9.17) is 0 Å². The molecule has 0 aromatic rings. The zero-order valence-corrected chi connectivity index (χ0v) is 7.87. The molecule has 0 bridgehead atoms. The van der Waals surface area contributed by atoms with E-state index in [1.807, 2.05) is 0 Å². The first-order valence-corrected chi connectivity index (χ1v) is 4.65. The van der Waals surface area contributed by atoms with Crippen LogP contribution in [0.2, 0.25) is 0 Å². The Kier molecular flexibility index (Phi) is 6.50. The molecule has 0 radical (unpaired) electrons. The van der Waals surface area contributed by atoms with Gasteiger partial charge in [0.05, 0.1) is 0 Å². The van der Waals surface area contributed by atoms with Gasteiger partial charge in [-0.2, -0.15) is 0 Å². The molecule has 0 amide bonds. The van der Waals surface area contributed by atoms with Gasteiger partial charge in [0.2, 0.25) is 0 Å². The van der Waals surface area contributed by atoms with E-state index in [1.165, 1.54) is 24.8 Å². The highest BCUT2D eigenvalue weighted by Crippen LogP contribution is 2.05. The summed E-state index contributed by atoms with van der Waals surface area (Å²) in [5.74, 6) is 0. The summed E-state index contributed by atoms with van der Waals surface area (Å²) in [5, 5.41) is 1.00. The average molecular weight is 191 g/mol. The van der Waals surface area contributed by atoms with Gasteiger partial charge in [0, 0.05) is 5.33 Å². The summed E-state index contributed by atoms with van der Waals surface area (Å²) in [7, 11) is 0. The molecular weight excluding hydrogens is 176 g/mol. The first kappa shape index (κ1) is 9.22. The van der Waals surface area contributed by atoms with Gasteiger partial charge >= 0.3 is 0 Å². The van der Waals surface area contributed by atoms with Gasteiger partial charge in [-0.05, 0) is 19.8 Å². The Labute approximate surface area is 66.5 Å². The number of rotatable bonds is 4. The molecule has 0 unspecified atom stereocenters. The van der Waals surface area contributed by atoms with Crippen LogP contribution >= 0.6 is 15.9 Å². The fraction of sp³-hybridized carbons (Fsp3) is 0.750. The number of halogens is 1. The molecule has 0 atom stereocenters. The number of allylic oxidation sites excluding steroid dienone is 2. The predicted molar refractivity (Wildman–Crippen MR) is 47.1 cm³/mol. The molecule has 1 heteroatoms. The Hall–Kier alpha value is 0.220. The number of hydrogen-bond donors (Lipinski definition) is 0. The summed E-state index contributed by atoms with van der Waals surface area (Å²) in [6.07, 6.45) is 6.13. The van der Waals surface area contributed by atoms with E-state index >= 15 is 0 Å². The van der Waals surface area contributed by atoms with Crippen LogP contribution in [0.5, 0.6) is 0 Å². The summed E-state index contributed by atoms with van der Waals surface area (Å²) in [5.41, 5.74) is 1.51. The van der Waals surface area contributed by atoms with Crippen LogP contribution in [0.3, 0.4) is 0 Å². The van der Waals surface area contributed by atoms with Crippen molar-refractivity contribution in [2.24, 2.45) is 0 Å². The van der Waals surface area contributed by atoms with Crippen molar-refractivity contribution in [3.05, 3.63) is 11.6 Å². The molecule has 0 aromatic carbocycles. The molecule has 0 heterocycles. The maximum Gasteiger partial charge on any atom is 0.0214 e. The van der Waals surface area contributed by atoms with E-state index in [0.717, 1.165) is 5.33 Å². The molecule has 0 saturated carbocycles. The molecule has 0 rings (SSSR count). The monoisotopic (exact) mass is 190 g/mol. The Morgan fingerprint density at radius 3 is 2.67 bits per heavy atom. The van der Waals surface area contributed by atoms with Crippen LogP contribution in [0, 0.1) is 0 Å². The quantitative estimate of drug-likeness (QED) is 0.471. The van der Waals surface area contributed by atoms with Crippen LogP contribution in [0.1, 0.15) is 33.1 Å². The molecule has 0 fully saturated rings. The average Bonchev–Trinajstić information content (AvgIpc) is 1.85. The highest BCUT2D eigenvalue weighted by atomic mass is 79.9. The molecule has 0 spiro atoms. The van der Waals surface area contributed by atoms with Gasteiger partial charge in [0.25, 0.3) is 0 Å². The third-order valence-corrected chi connectivity index (χ3v) is 1.67. The van der Waals surface area contributed by atoms with Gasteiger partial charge in [0.15, 0.2) is 0 Å². The molecule has 0 aromatic heterocycles. The van der Waals surface area contributed by atoms with Crippen LogP contribution in [0.15, 0.2) is 11.6 Å². The fourth-order valence-electron chi connectivity index (χ4n) is 0.689. The Bertz CT molecular complexity index is 84.6. The lowest BCUT2D eigenvalue weighted by atomic mass is 10.1. The summed E-state index contributed by atoms with van der Waals surface area (Å²) in [6.45, 7) is 4.42. The first-order chi connectivity index (χ1) is 4.31. The summed E-state index contributed by atoms with van der Waals surface area (Å²) in [6, 6.07) is 0. The molecule has 0 N–H and O–H groups in total. The number of alkyl halides is 1. The SMILES string of the molecule is CCCC/C(C)=C\CBr. The van der Waals surface area contributed by atoms with Crippen LogP contribution in [-0.2, 0) is 0 Å². The van der Waals surface area contributed by atoms with Crippen molar-refractivity contribution in [2.45, 2.75) is 33.1 Å². The summed E-state index contributed by atoms with van der Waals surface area (Å²) in [4.78, 5) is 0. The summed E-state index contributed by atoms with van der Waals surface area (Å²) < 4.78 is 0. The second-order valence-corrected chi connectivity index (χ2v) is 2.96. The standard InChI is InChI=1S/C8H15Br/c1-3-4-5-8(2)6-7-9/h6H,3-5,7H2,1-2H3/b8-6-. The van der Waals surface area contributed by atoms with Gasteiger partial charge in [-0.1, -0.05) is 40.9 Å². The Morgan fingerprint density at radius 1 is 1.56 bits per heavy atom. The smallest absolute Gasteiger partial charge is 0.0214 e. The second kappa shape index (κ2) is 6.34. The lowest BCUT2D eigenvalue weighted by Crippen LogP contribution is -1.77. The molecule has 0 aliphatic carbocycles. The normalized spacial score (nSPS) is 12.1. The Balaban J connectivity index is 3.25. The zero-order valence-electron chi connectivity index (χ0n) is 6.28. The van der Waals surface area contributed by atoms with Crippen LogP contribution in [0.4, 0.5) is 0 Å². The minimum absolute atomic E-state index is 1.00. The van der Waals surface area contributed by atoms with Crippen LogP contribution in [0.25, 0.3) is 0 Å². The van der Waals surface area contributed by atoms with Crippen molar-refractivity contribution in [1.82, 2.24) is 0 Å². The molecular formula is C8H15Br. The van der Waals surface area contributed by atoms with Crippen molar-refractivity contribution in [3.8, 4) is 0 Å². The van der Waals surface area contributed by atoms with Gasteiger partial charge in [-0.25, -0.2) is 0 Å². The largest absolute Gasteiger partial charge is 0.0883 e. The molecule has 54 valence electrons. The molecule has 0 aliphatic rings. The van der Waals surface area contributed by atoms with Gasteiger partial charge in [0.1, 0.15) is 0 Å². The maximum absolute atomic E-state index is 3.37. The minimum Gasteiger partial charge on any atom is -0.0883 e. The van der Waals surface area contributed by atoms with Crippen molar-refractivity contribution < 1.29 is 0 Å². The highest BCUT2D eigenvalue weighted by Gasteiger charge is 1.85. The second-order valence-electron chi connectivity index (χ2n) is 2.31. The predicted octanol–water partition coefficient (Wildman–Crippen LogP) is 3.52. The van der Waals surface area contributed by atoms with Gasteiger partial charge in [-0.15, -0.1) is 0 Å². The van der Waals surface area contributed by atoms with E-state index in [1.54, 1.807) is 0 Å². The van der Waals surface area contributed by atoms with E-state index in [-0.39, 0.29) is 0 Å². The number of unbranched alkanes of at least 4 members (excludes halogenated alkanes) is 1. The topological polar surface area (TPSA) is 0 Å². The van der Waals surface area contributed by atoms with Crippen molar-refractivity contribution >= 4 is 15.9 Å². The zero-order chi connectivity index (χ0) is 7.11. The maximum atomic E-state index is 3.37. The molecule has 0 nitrogen and oxygen atoms in total. The minimum atomic E-state index is 1.00. The van der Waals surface area contributed by atoms with Gasteiger partial charge < -0.3 is 0 Å². The summed E-state index contributed by atoms with van der Waals surface area (Å²) >= 11 is 3.37. The fourth-order valence-corrected chi connectivity index (χ4v) is 1.24. The molecule has 9 heavy (non-hydrogen) atoms. The van der Waals surface area contributed by atoms with E-state index in [9.17, 15) is 0 Å². The molecule has 0 aliphatic heterocycles. The van der Waals surface area contributed by atoms with Crippen molar-refractivity contribution in [1.29, 1.82) is 0 Å². The van der Waals surface area contributed by atoms with Crippen molar-refractivity contribution in [3.63, 3.8) is 0 Å². The highest BCUT2D eigenvalue weighted by molar-refractivity contribution is 9.09. The first-order valence-electron chi connectivity index (χ1n) is 3.52. The Morgan fingerprint density at radius 2 is 2.22 bits per heavy atom. The third kappa shape index (κ3) is 6.10. The van der Waals surface area contributed by atoms with E-state index in [0.29, 0.717) is 0 Å².